The van der Waals surface area contributed by atoms with Crippen LogP contribution in [0.4, 0.5) is 4.79 Å². The van der Waals surface area contributed by atoms with Crippen LogP contribution in [0.2, 0.25) is 5.02 Å². The first-order valence-electron chi connectivity index (χ1n) is 6.05. The second kappa shape index (κ2) is 5.80. The average molecular weight is 296 g/mol. The normalized spacial score (nSPS) is 19.3. The Morgan fingerprint density at radius 1 is 1.32 bits per heavy atom. The first-order valence-corrected chi connectivity index (χ1v) is 7.25. The summed E-state index contributed by atoms with van der Waals surface area (Å²) in [5.74, 6) is -0.209. The van der Waals surface area contributed by atoms with E-state index in [1.165, 1.54) is 4.90 Å². The van der Waals surface area contributed by atoms with Crippen LogP contribution in [-0.4, -0.2) is 22.1 Å². The van der Waals surface area contributed by atoms with Crippen molar-refractivity contribution in [3.05, 3.63) is 39.8 Å². The van der Waals surface area contributed by atoms with E-state index in [0.717, 1.165) is 23.7 Å². The third-order valence-electron chi connectivity index (χ3n) is 3.02. The van der Waals surface area contributed by atoms with Gasteiger partial charge >= 0.3 is 0 Å². The molecule has 1 aromatic carbocycles. The number of carbonyl (C=O) groups is 2. The van der Waals surface area contributed by atoms with Crippen molar-refractivity contribution in [2.75, 3.05) is 0 Å². The minimum Gasteiger partial charge on any atom is -0.268 e. The fourth-order valence-corrected chi connectivity index (χ4v) is 2.81. The lowest BCUT2D eigenvalue weighted by Crippen LogP contribution is -2.36. The van der Waals surface area contributed by atoms with Gasteiger partial charge in [-0.3, -0.25) is 14.5 Å². The molecular weight excluding hydrogens is 282 g/mol. The highest BCUT2D eigenvalue weighted by Crippen LogP contribution is 2.34. The third kappa shape index (κ3) is 3.01. The van der Waals surface area contributed by atoms with Gasteiger partial charge in [0, 0.05) is 11.1 Å². The van der Waals surface area contributed by atoms with Crippen LogP contribution in [0.3, 0.4) is 0 Å². The molecule has 0 bridgehead atoms. The van der Waals surface area contributed by atoms with Gasteiger partial charge in [-0.15, -0.1) is 0 Å². The summed E-state index contributed by atoms with van der Waals surface area (Å²) in [6.45, 7) is 3.83. The average Bonchev–Trinajstić information content (AvgIpc) is 2.66. The predicted octanol–water partition coefficient (Wildman–Crippen LogP) is 4.17. The Labute approximate surface area is 121 Å². The summed E-state index contributed by atoms with van der Waals surface area (Å²) in [7, 11) is 0. The van der Waals surface area contributed by atoms with E-state index in [0.29, 0.717) is 9.93 Å². The van der Waals surface area contributed by atoms with Gasteiger partial charge in [-0.25, -0.2) is 0 Å². The van der Waals surface area contributed by atoms with Gasteiger partial charge in [0.2, 0.25) is 0 Å². The summed E-state index contributed by atoms with van der Waals surface area (Å²) in [5.41, 5.74) is 0.860. The molecule has 0 spiro atoms. The fraction of sp³-hybridized carbons (Fsp3) is 0.286. The number of amides is 2. The summed E-state index contributed by atoms with van der Waals surface area (Å²) < 4.78 is 0. The van der Waals surface area contributed by atoms with Crippen LogP contribution in [0, 0.1) is 0 Å². The standard InChI is InChI=1S/C14H14ClNO2S/c1-3-9(2)16-13(17)12(19-14(16)18)8-10-4-6-11(15)7-5-10/h4-9H,3H2,1-2H3/b12-8+. The third-order valence-corrected chi connectivity index (χ3v) is 4.16. The lowest BCUT2D eigenvalue weighted by molar-refractivity contribution is -0.124. The number of halogens is 1. The van der Waals surface area contributed by atoms with Crippen LogP contribution in [0.5, 0.6) is 0 Å². The Hall–Kier alpha value is -1.26. The molecule has 19 heavy (non-hydrogen) atoms. The van der Waals surface area contributed by atoms with Crippen LogP contribution in [0.1, 0.15) is 25.8 Å². The molecule has 3 nitrogen and oxygen atoms in total. The van der Waals surface area contributed by atoms with Crippen molar-refractivity contribution >= 4 is 40.6 Å². The molecular formula is C14H14ClNO2S. The highest BCUT2D eigenvalue weighted by molar-refractivity contribution is 8.18. The van der Waals surface area contributed by atoms with Gasteiger partial charge in [-0.1, -0.05) is 30.7 Å². The number of nitrogens with zero attached hydrogens (tertiary/aromatic N) is 1. The van der Waals surface area contributed by atoms with E-state index in [9.17, 15) is 9.59 Å². The van der Waals surface area contributed by atoms with Gasteiger partial charge in [0.25, 0.3) is 11.1 Å². The van der Waals surface area contributed by atoms with Gasteiger partial charge in [0.1, 0.15) is 0 Å². The second-order valence-corrected chi connectivity index (χ2v) is 5.79. The first kappa shape index (κ1) is 14.2. The van der Waals surface area contributed by atoms with Crippen molar-refractivity contribution in [1.29, 1.82) is 0 Å². The van der Waals surface area contributed by atoms with Gasteiger partial charge in [0.05, 0.1) is 4.91 Å². The fourth-order valence-electron chi connectivity index (χ4n) is 1.75. The molecule has 1 saturated heterocycles. The van der Waals surface area contributed by atoms with Crippen molar-refractivity contribution in [2.24, 2.45) is 0 Å². The first-order chi connectivity index (χ1) is 9.02. The molecule has 5 heteroatoms. The van der Waals surface area contributed by atoms with Crippen molar-refractivity contribution in [3.8, 4) is 0 Å². The molecule has 1 unspecified atom stereocenters. The van der Waals surface area contributed by atoms with Crippen molar-refractivity contribution < 1.29 is 9.59 Å². The van der Waals surface area contributed by atoms with E-state index >= 15 is 0 Å². The molecule has 1 heterocycles. The summed E-state index contributed by atoms with van der Waals surface area (Å²) in [6.07, 6.45) is 2.48. The molecule has 1 aliphatic heterocycles. The Balaban J connectivity index is 2.25. The van der Waals surface area contributed by atoms with Crippen LogP contribution >= 0.6 is 23.4 Å². The quantitative estimate of drug-likeness (QED) is 0.785. The zero-order chi connectivity index (χ0) is 14.0. The zero-order valence-electron chi connectivity index (χ0n) is 10.7. The summed E-state index contributed by atoms with van der Waals surface area (Å²) >= 11 is 6.80. The number of thioether (sulfide) groups is 1. The largest absolute Gasteiger partial charge is 0.293 e. The van der Waals surface area contributed by atoms with Gasteiger partial charge in [-0.05, 0) is 48.9 Å². The Kier molecular flexibility index (Phi) is 4.32. The van der Waals surface area contributed by atoms with Crippen molar-refractivity contribution in [1.82, 2.24) is 4.90 Å². The topological polar surface area (TPSA) is 37.4 Å². The van der Waals surface area contributed by atoms with Gasteiger partial charge in [-0.2, -0.15) is 0 Å². The van der Waals surface area contributed by atoms with Crippen molar-refractivity contribution in [2.45, 2.75) is 26.3 Å². The molecule has 100 valence electrons. The maximum atomic E-state index is 12.2. The lowest BCUT2D eigenvalue weighted by atomic mass is 10.2. The molecule has 0 aliphatic carbocycles. The summed E-state index contributed by atoms with van der Waals surface area (Å²) in [6, 6.07) is 7.08. The van der Waals surface area contributed by atoms with E-state index in [4.69, 9.17) is 11.6 Å². The minimum absolute atomic E-state index is 0.0661. The van der Waals surface area contributed by atoms with Gasteiger partial charge in [0.15, 0.2) is 0 Å². The highest BCUT2D eigenvalue weighted by Gasteiger charge is 2.37. The van der Waals surface area contributed by atoms with Crippen molar-refractivity contribution in [3.63, 3.8) is 0 Å². The molecule has 1 aliphatic rings. The number of hydrogen-bond acceptors (Lipinski definition) is 3. The predicted molar refractivity (Wildman–Crippen MR) is 79.0 cm³/mol. The number of hydrogen-bond donors (Lipinski definition) is 0. The number of rotatable bonds is 3. The maximum Gasteiger partial charge on any atom is 0.293 e. The molecule has 0 radical (unpaired) electrons. The van der Waals surface area contributed by atoms with Crippen LogP contribution in [-0.2, 0) is 4.79 Å². The number of carbonyl (C=O) groups excluding carboxylic acids is 2. The SMILES string of the molecule is CCC(C)N1C(=O)S/C(=C/c2ccc(Cl)cc2)C1=O. The van der Waals surface area contributed by atoms with E-state index in [2.05, 4.69) is 0 Å². The maximum absolute atomic E-state index is 12.2. The van der Waals surface area contributed by atoms with E-state index in [1.807, 2.05) is 26.0 Å². The summed E-state index contributed by atoms with van der Waals surface area (Å²) in [5, 5.41) is 0.449. The lowest BCUT2D eigenvalue weighted by Gasteiger charge is -2.19. The molecule has 1 fully saturated rings. The number of benzene rings is 1. The second-order valence-electron chi connectivity index (χ2n) is 4.36. The molecule has 0 aromatic heterocycles. The monoisotopic (exact) mass is 295 g/mol. The van der Waals surface area contributed by atoms with E-state index in [1.54, 1.807) is 18.2 Å². The van der Waals surface area contributed by atoms with E-state index in [-0.39, 0.29) is 17.2 Å². The molecule has 0 N–H and O–H groups in total. The Morgan fingerprint density at radius 3 is 2.53 bits per heavy atom. The Bertz CT molecular complexity index is 539. The molecule has 1 aromatic rings. The molecule has 2 rings (SSSR count). The van der Waals surface area contributed by atoms with Crippen LogP contribution in [0.15, 0.2) is 29.2 Å². The van der Waals surface area contributed by atoms with E-state index < -0.39 is 0 Å². The molecule has 1 atom stereocenters. The Morgan fingerprint density at radius 2 is 1.95 bits per heavy atom. The highest BCUT2D eigenvalue weighted by atomic mass is 35.5. The van der Waals surface area contributed by atoms with Gasteiger partial charge < -0.3 is 0 Å². The summed E-state index contributed by atoms with van der Waals surface area (Å²) in [4.78, 5) is 25.8. The van der Waals surface area contributed by atoms with Crippen LogP contribution in [0.25, 0.3) is 6.08 Å². The molecule has 2 amide bonds. The minimum atomic E-state index is -0.209. The van der Waals surface area contributed by atoms with Crippen LogP contribution < -0.4 is 0 Å². The molecule has 0 saturated carbocycles. The number of imide groups is 1. The smallest absolute Gasteiger partial charge is 0.268 e. The zero-order valence-corrected chi connectivity index (χ0v) is 12.3.